The van der Waals surface area contributed by atoms with E-state index >= 15 is 0 Å². The van der Waals surface area contributed by atoms with Gasteiger partial charge < -0.3 is 19.9 Å². The van der Waals surface area contributed by atoms with Crippen molar-refractivity contribution >= 4 is 29.1 Å². The maximum atomic E-state index is 12.3. The van der Waals surface area contributed by atoms with Crippen molar-refractivity contribution in [2.75, 3.05) is 14.2 Å². The third-order valence-corrected chi connectivity index (χ3v) is 4.38. The summed E-state index contributed by atoms with van der Waals surface area (Å²) in [6, 6.07) is 10.6. The minimum absolute atomic E-state index is 0.0236. The fourth-order valence-electron chi connectivity index (χ4n) is 2.81. The first-order valence-electron chi connectivity index (χ1n) is 7.72. The smallest absolute Gasteiger partial charge is 0.293 e. The molecule has 2 N–H and O–H groups in total. The number of aliphatic hydroxyl groups is 1. The molecule has 7 heteroatoms. The average molecular weight is 374 g/mol. The lowest BCUT2D eigenvalue weighted by Gasteiger charge is -2.15. The minimum Gasteiger partial charge on any atom is -0.507 e. The molecule has 1 saturated heterocycles. The second kappa shape index (κ2) is 7.09. The number of aliphatic hydroxyl groups excluding tert-OH is 1. The highest BCUT2D eigenvalue weighted by Gasteiger charge is 2.39. The van der Waals surface area contributed by atoms with E-state index in [2.05, 4.69) is 5.32 Å². The number of amides is 1. The first kappa shape index (κ1) is 17.8. The van der Waals surface area contributed by atoms with Gasteiger partial charge in [-0.3, -0.25) is 9.59 Å². The largest absolute Gasteiger partial charge is 0.507 e. The maximum absolute atomic E-state index is 12.3. The van der Waals surface area contributed by atoms with Crippen LogP contribution in [-0.2, 0) is 9.59 Å². The molecule has 0 spiro atoms. The van der Waals surface area contributed by atoms with Crippen molar-refractivity contribution in [3.63, 3.8) is 0 Å². The van der Waals surface area contributed by atoms with Crippen LogP contribution in [0.1, 0.15) is 17.2 Å². The Morgan fingerprint density at radius 2 is 1.69 bits per heavy atom. The molecular weight excluding hydrogens is 358 g/mol. The summed E-state index contributed by atoms with van der Waals surface area (Å²) in [5.41, 5.74) is 0.946. The maximum Gasteiger partial charge on any atom is 0.293 e. The van der Waals surface area contributed by atoms with Gasteiger partial charge in [0.2, 0.25) is 0 Å². The molecule has 1 heterocycles. The van der Waals surface area contributed by atoms with Gasteiger partial charge in [0.1, 0.15) is 5.76 Å². The summed E-state index contributed by atoms with van der Waals surface area (Å²) < 4.78 is 10.4. The summed E-state index contributed by atoms with van der Waals surface area (Å²) in [5, 5.41) is 13.8. The highest BCUT2D eigenvalue weighted by molar-refractivity contribution is 6.46. The summed E-state index contributed by atoms with van der Waals surface area (Å²) >= 11 is 5.89. The SMILES string of the molecule is COc1ccc(/C(O)=C2\C(=O)C(=O)NC2c2ccc(Cl)cc2)cc1OC. The van der Waals surface area contributed by atoms with Gasteiger partial charge in [0.15, 0.2) is 11.5 Å². The number of hydrogen-bond acceptors (Lipinski definition) is 5. The van der Waals surface area contributed by atoms with E-state index in [1.165, 1.54) is 20.3 Å². The quantitative estimate of drug-likeness (QED) is 0.489. The van der Waals surface area contributed by atoms with Gasteiger partial charge in [0.25, 0.3) is 11.7 Å². The van der Waals surface area contributed by atoms with Gasteiger partial charge in [-0.25, -0.2) is 0 Å². The molecule has 0 aromatic heterocycles. The molecule has 26 heavy (non-hydrogen) atoms. The summed E-state index contributed by atoms with van der Waals surface area (Å²) in [6.45, 7) is 0. The molecule has 2 aromatic rings. The molecule has 6 nitrogen and oxygen atoms in total. The molecule has 1 amide bonds. The standard InChI is InChI=1S/C19H16ClNO5/c1-25-13-8-5-11(9-14(13)26-2)17(22)15-16(21-19(24)18(15)23)10-3-6-12(20)7-4-10/h3-9,16,22H,1-2H3,(H,21,24)/b17-15+. The third-order valence-electron chi connectivity index (χ3n) is 4.13. The van der Waals surface area contributed by atoms with Crippen molar-refractivity contribution in [2.24, 2.45) is 0 Å². The topological polar surface area (TPSA) is 84.9 Å². The number of carbonyl (C=O) groups excluding carboxylic acids is 2. The normalized spacial score (nSPS) is 18.5. The number of carbonyl (C=O) groups is 2. The first-order valence-corrected chi connectivity index (χ1v) is 8.10. The average Bonchev–Trinajstić information content (AvgIpc) is 2.96. The van der Waals surface area contributed by atoms with Crippen LogP contribution in [0.2, 0.25) is 5.02 Å². The van der Waals surface area contributed by atoms with Crippen molar-refractivity contribution < 1.29 is 24.2 Å². The summed E-state index contributed by atoms with van der Waals surface area (Å²) in [7, 11) is 2.96. The Labute approximate surface area is 155 Å². The van der Waals surface area contributed by atoms with Crippen LogP contribution in [0.3, 0.4) is 0 Å². The van der Waals surface area contributed by atoms with Crippen LogP contribution in [-0.4, -0.2) is 31.0 Å². The van der Waals surface area contributed by atoms with Crippen molar-refractivity contribution in [1.29, 1.82) is 0 Å². The number of rotatable bonds is 4. The molecule has 1 aliphatic heterocycles. The number of ether oxygens (including phenoxy) is 2. The molecule has 1 fully saturated rings. The Bertz CT molecular complexity index is 905. The Hall–Kier alpha value is -2.99. The van der Waals surface area contributed by atoms with E-state index in [-0.39, 0.29) is 11.3 Å². The van der Waals surface area contributed by atoms with Gasteiger partial charge in [-0.1, -0.05) is 23.7 Å². The molecule has 1 atom stereocenters. The molecule has 0 aliphatic carbocycles. The lowest BCUT2D eigenvalue weighted by molar-refractivity contribution is -0.133. The molecule has 3 rings (SSSR count). The van der Waals surface area contributed by atoms with E-state index in [9.17, 15) is 14.7 Å². The second-order valence-corrected chi connectivity index (χ2v) is 6.06. The number of methoxy groups -OCH3 is 2. The third kappa shape index (κ3) is 3.11. The second-order valence-electron chi connectivity index (χ2n) is 5.62. The van der Waals surface area contributed by atoms with Gasteiger partial charge in [0.05, 0.1) is 25.8 Å². The molecule has 134 valence electrons. The molecule has 2 aromatic carbocycles. The zero-order chi connectivity index (χ0) is 18.8. The molecule has 0 saturated carbocycles. The van der Waals surface area contributed by atoms with E-state index < -0.39 is 17.7 Å². The fraction of sp³-hybridized carbons (Fsp3) is 0.158. The van der Waals surface area contributed by atoms with E-state index in [4.69, 9.17) is 21.1 Å². The van der Waals surface area contributed by atoms with Gasteiger partial charge in [-0.2, -0.15) is 0 Å². The summed E-state index contributed by atoms with van der Waals surface area (Å²) in [5.74, 6) is -0.973. The van der Waals surface area contributed by atoms with Gasteiger partial charge in [-0.15, -0.1) is 0 Å². The highest BCUT2D eigenvalue weighted by Crippen LogP contribution is 2.36. The number of nitrogens with one attached hydrogen (secondary N) is 1. The van der Waals surface area contributed by atoms with E-state index in [1.54, 1.807) is 36.4 Å². The molecule has 1 unspecified atom stereocenters. The Kier molecular flexibility index (Phi) is 4.86. The van der Waals surface area contributed by atoms with Crippen molar-refractivity contribution in [3.8, 4) is 11.5 Å². The predicted octanol–water partition coefficient (Wildman–Crippen LogP) is 3.07. The van der Waals surface area contributed by atoms with Crippen molar-refractivity contribution in [3.05, 3.63) is 64.2 Å². The summed E-state index contributed by atoms with van der Waals surface area (Å²) in [6.07, 6.45) is 0. The monoisotopic (exact) mass is 373 g/mol. The molecule has 0 radical (unpaired) electrons. The van der Waals surface area contributed by atoms with Crippen molar-refractivity contribution in [2.45, 2.75) is 6.04 Å². The van der Waals surface area contributed by atoms with Gasteiger partial charge >= 0.3 is 0 Å². The van der Waals surface area contributed by atoms with Gasteiger partial charge in [-0.05, 0) is 35.9 Å². The van der Waals surface area contributed by atoms with Crippen LogP contribution >= 0.6 is 11.6 Å². The molecule has 1 aliphatic rings. The number of ketones is 1. The fourth-order valence-corrected chi connectivity index (χ4v) is 2.94. The van der Waals surface area contributed by atoms with Crippen LogP contribution < -0.4 is 14.8 Å². The number of benzene rings is 2. The number of halogens is 1. The number of Topliss-reactive ketones (excluding diaryl/α,β-unsaturated/α-hetero) is 1. The number of hydrogen-bond donors (Lipinski definition) is 2. The lowest BCUT2D eigenvalue weighted by atomic mass is 9.96. The van der Waals surface area contributed by atoms with Crippen LogP contribution in [0.15, 0.2) is 48.0 Å². The highest BCUT2D eigenvalue weighted by atomic mass is 35.5. The van der Waals surface area contributed by atoms with Gasteiger partial charge in [0, 0.05) is 10.6 Å². The van der Waals surface area contributed by atoms with Crippen LogP contribution in [0.5, 0.6) is 11.5 Å². The Morgan fingerprint density at radius 1 is 1.04 bits per heavy atom. The first-order chi connectivity index (χ1) is 12.5. The Balaban J connectivity index is 2.11. The van der Waals surface area contributed by atoms with E-state index in [1.807, 2.05) is 0 Å². The van der Waals surface area contributed by atoms with Crippen LogP contribution in [0, 0.1) is 0 Å². The molecular formula is C19H16ClNO5. The van der Waals surface area contributed by atoms with Crippen LogP contribution in [0.25, 0.3) is 5.76 Å². The zero-order valence-electron chi connectivity index (χ0n) is 14.1. The summed E-state index contributed by atoms with van der Waals surface area (Å²) in [4.78, 5) is 24.3. The van der Waals surface area contributed by atoms with E-state index in [0.717, 1.165) is 0 Å². The molecule has 0 bridgehead atoms. The van der Waals surface area contributed by atoms with Crippen molar-refractivity contribution in [1.82, 2.24) is 5.32 Å². The van der Waals surface area contributed by atoms with Crippen LogP contribution in [0.4, 0.5) is 0 Å². The Morgan fingerprint density at radius 3 is 2.31 bits per heavy atom. The minimum atomic E-state index is -0.780. The van der Waals surface area contributed by atoms with E-state index in [0.29, 0.717) is 27.6 Å². The lowest BCUT2D eigenvalue weighted by Crippen LogP contribution is -2.21. The predicted molar refractivity (Wildman–Crippen MR) is 96.4 cm³/mol. The zero-order valence-corrected chi connectivity index (χ0v) is 14.8.